The Kier molecular flexibility index (Phi) is 2.39. The molecule has 0 saturated heterocycles. The summed E-state index contributed by atoms with van der Waals surface area (Å²) in [5.41, 5.74) is 2.60. The highest BCUT2D eigenvalue weighted by molar-refractivity contribution is 5.96. The molecule has 0 radical (unpaired) electrons. The van der Waals surface area contributed by atoms with Crippen LogP contribution >= 0.6 is 0 Å². The minimum atomic E-state index is -0.0825. The third kappa shape index (κ3) is 1.48. The van der Waals surface area contributed by atoms with Crippen molar-refractivity contribution in [3.05, 3.63) is 52.4 Å². The molecule has 3 aromatic rings. The smallest absolute Gasteiger partial charge is 0.254 e. The predicted molar refractivity (Wildman–Crippen MR) is 80.0 cm³/mol. The fourth-order valence-electron chi connectivity index (χ4n) is 3.30. The lowest BCUT2D eigenvalue weighted by Gasteiger charge is -2.24. The molecule has 1 aliphatic rings. The molecule has 0 saturated carbocycles. The summed E-state index contributed by atoms with van der Waals surface area (Å²) in [6.07, 6.45) is 3.01. The van der Waals surface area contributed by atoms with Crippen molar-refractivity contribution < 1.29 is 4.79 Å². The van der Waals surface area contributed by atoms with Crippen LogP contribution in [-0.2, 0) is 11.2 Å². The van der Waals surface area contributed by atoms with Gasteiger partial charge in [-0.05, 0) is 25.0 Å². The van der Waals surface area contributed by atoms with Gasteiger partial charge >= 0.3 is 0 Å². The van der Waals surface area contributed by atoms with Gasteiger partial charge in [0.25, 0.3) is 5.56 Å². The fourth-order valence-corrected chi connectivity index (χ4v) is 3.30. The van der Waals surface area contributed by atoms with Gasteiger partial charge in [0.15, 0.2) is 5.82 Å². The molecular weight excluding hydrogens is 266 g/mol. The summed E-state index contributed by atoms with van der Waals surface area (Å²) >= 11 is 0. The van der Waals surface area contributed by atoms with E-state index in [0.717, 1.165) is 35.0 Å². The molecule has 0 fully saturated rings. The van der Waals surface area contributed by atoms with Gasteiger partial charge in [-0.2, -0.15) is 0 Å². The summed E-state index contributed by atoms with van der Waals surface area (Å²) in [5.74, 6) is 0.569. The SMILES string of the molecule is CC1Cc2c(n(C=O)c3ccccc23)-c2nccc(=O)n21. The van der Waals surface area contributed by atoms with E-state index in [9.17, 15) is 9.59 Å². The van der Waals surface area contributed by atoms with Crippen LogP contribution in [0.1, 0.15) is 18.5 Å². The van der Waals surface area contributed by atoms with Crippen molar-refractivity contribution in [1.29, 1.82) is 0 Å². The van der Waals surface area contributed by atoms with E-state index >= 15 is 0 Å². The van der Waals surface area contributed by atoms with Crippen LogP contribution in [0.3, 0.4) is 0 Å². The molecule has 5 heteroatoms. The first-order valence-corrected chi connectivity index (χ1v) is 6.87. The number of hydrogen-bond acceptors (Lipinski definition) is 3. The van der Waals surface area contributed by atoms with Crippen LogP contribution in [0.2, 0.25) is 0 Å². The minimum absolute atomic E-state index is 0.0274. The fraction of sp³-hybridized carbons (Fsp3) is 0.188. The molecule has 1 aliphatic heterocycles. The van der Waals surface area contributed by atoms with Crippen molar-refractivity contribution in [2.45, 2.75) is 19.4 Å². The van der Waals surface area contributed by atoms with Gasteiger partial charge in [0.2, 0.25) is 6.41 Å². The number of hydrogen-bond donors (Lipinski definition) is 0. The Morgan fingerprint density at radius 1 is 1.29 bits per heavy atom. The highest BCUT2D eigenvalue weighted by Crippen LogP contribution is 2.38. The molecule has 21 heavy (non-hydrogen) atoms. The minimum Gasteiger partial charge on any atom is -0.288 e. The van der Waals surface area contributed by atoms with Crippen molar-refractivity contribution >= 4 is 17.3 Å². The lowest BCUT2D eigenvalue weighted by atomic mass is 9.99. The maximum Gasteiger partial charge on any atom is 0.254 e. The quantitative estimate of drug-likeness (QED) is 0.640. The van der Waals surface area contributed by atoms with Crippen molar-refractivity contribution in [3.63, 3.8) is 0 Å². The molecule has 1 aromatic carbocycles. The number of para-hydroxylation sites is 1. The average Bonchev–Trinajstić information content (AvgIpc) is 2.81. The van der Waals surface area contributed by atoms with Crippen molar-refractivity contribution in [3.8, 4) is 11.5 Å². The Morgan fingerprint density at radius 3 is 2.90 bits per heavy atom. The molecule has 1 unspecified atom stereocenters. The lowest BCUT2D eigenvalue weighted by molar-refractivity contribution is 0.509. The second kappa shape index (κ2) is 4.15. The van der Waals surface area contributed by atoms with E-state index in [0.29, 0.717) is 5.82 Å². The molecule has 5 nitrogen and oxygen atoms in total. The van der Waals surface area contributed by atoms with E-state index in [-0.39, 0.29) is 11.6 Å². The van der Waals surface area contributed by atoms with Gasteiger partial charge in [0.1, 0.15) is 0 Å². The third-order valence-corrected chi connectivity index (χ3v) is 4.15. The van der Waals surface area contributed by atoms with Gasteiger partial charge in [-0.15, -0.1) is 0 Å². The van der Waals surface area contributed by atoms with Crippen LogP contribution in [0.5, 0.6) is 0 Å². The largest absolute Gasteiger partial charge is 0.288 e. The normalized spacial score (nSPS) is 16.5. The molecule has 0 bridgehead atoms. The topological polar surface area (TPSA) is 56.9 Å². The molecule has 0 aliphatic carbocycles. The molecule has 0 amide bonds. The summed E-state index contributed by atoms with van der Waals surface area (Å²) in [6.45, 7) is 2.00. The van der Waals surface area contributed by atoms with Crippen LogP contribution in [-0.4, -0.2) is 20.5 Å². The Bertz CT molecular complexity index is 936. The monoisotopic (exact) mass is 279 g/mol. The first kappa shape index (κ1) is 12.1. The van der Waals surface area contributed by atoms with Crippen molar-refractivity contribution in [1.82, 2.24) is 14.1 Å². The van der Waals surface area contributed by atoms with Crippen LogP contribution in [0, 0.1) is 0 Å². The Labute approximate surface area is 120 Å². The van der Waals surface area contributed by atoms with Gasteiger partial charge < -0.3 is 0 Å². The van der Waals surface area contributed by atoms with E-state index in [1.54, 1.807) is 9.13 Å². The molecule has 1 atom stereocenters. The lowest BCUT2D eigenvalue weighted by Crippen LogP contribution is -2.30. The number of aromatic nitrogens is 3. The Morgan fingerprint density at radius 2 is 2.10 bits per heavy atom. The third-order valence-electron chi connectivity index (χ3n) is 4.15. The Hall–Kier alpha value is -2.69. The van der Waals surface area contributed by atoms with Crippen LogP contribution in [0.4, 0.5) is 0 Å². The van der Waals surface area contributed by atoms with E-state index < -0.39 is 0 Å². The maximum atomic E-state index is 12.1. The number of carbonyl (C=O) groups is 1. The zero-order valence-electron chi connectivity index (χ0n) is 11.5. The molecular formula is C16H13N3O2. The molecule has 0 spiro atoms. The zero-order valence-corrected chi connectivity index (χ0v) is 11.5. The van der Waals surface area contributed by atoms with Crippen molar-refractivity contribution in [2.24, 2.45) is 0 Å². The van der Waals surface area contributed by atoms with Gasteiger partial charge in [-0.25, -0.2) is 4.98 Å². The summed E-state index contributed by atoms with van der Waals surface area (Å²) < 4.78 is 3.26. The van der Waals surface area contributed by atoms with Crippen LogP contribution in [0.15, 0.2) is 41.3 Å². The first-order valence-electron chi connectivity index (χ1n) is 6.87. The van der Waals surface area contributed by atoms with E-state index in [1.165, 1.54) is 12.3 Å². The van der Waals surface area contributed by atoms with E-state index in [2.05, 4.69) is 4.98 Å². The van der Waals surface area contributed by atoms with Crippen molar-refractivity contribution in [2.75, 3.05) is 0 Å². The molecule has 2 aromatic heterocycles. The number of benzene rings is 1. The molecule has 0 N–H and O–H groups in total. The van der Waals surface area contributed by atoms with Crippen LogP contribution < -0.4 is 5.56 Å². The number of nitrogens with zero attached hydrogens (tertiary/aromatic N) is 3. The van der Waals surface area contributed by atoms with E-state index in [1.807, 2.05) is 31.2 Å². The first-order chi connectivity index (χ1) is 10.2. The average molecular weight is 279 g/mol. The standard InChI is InChI=1S/C16H13N3O2/c1-10-8-12-11-4-2-3-5-13(11)18(9-20)15(12)16-17-7-6-14(21)19(10)16/h2-7,9-10H,8H2,1H3. The highest BCUT2D eigenvalue weighted by Gasteiger charge is 2.29. The summed E-state index contributed by atoms with van der Waals surface area (Å²) in [6, 6.07) is 9.28. The van der Waals surface area contributed by atoms with Crippen LogP contribution in [0.25, 0.3) is 22.4 Å². The second-order valence-corrected chi connectivity index (χ2v) is 5.35. The maximum absolute atomic E-state index is 12.1. The van der Waals surface area contributed by atoms with Gasteiger partial charge in [0, 0.05) is 23.7 Å². The number of fused-ring (bicyclic) bond motifs is 5. The molecule has 104 valence electrons. The summed E-state index contributed by atoms with van der Waals surface area (Å²) in [4.78, 5) is 28.1. The molecule has 4 rings (SSSR count). The van der Waals surface area contributed by atoms with E-state index in [4.69, 9.17) is 0 Å². The molecule has 3 heterocycles. The second-order valence-electron chi connectivity index (χ2n) is 5.35. The zero-order chi connectivity index (χ0) is 14.6. The number of carbonyl (C=O) groups excluding carboxylic acids is 1. The summed E-state index contributed by atoms with van der Waals surface area (Å²) in [5, 5.41) is 1.05. The predicted octanol–water partition coefficient (Wildman–Crippen LogP) is 2.02. The van der Waals surface area contributed by atoms with Gasteiger partial charge in [0.05, 0.1) is 11.2 Å². The Balaban J connectivity index is 2.21. The van der Waals surface area contributed by atoms with Gasteiger partial charge in [-0.1, -0.05) is 18.2 Å². The van der Waals surface area contributed by atoms with Gasteiger partial charge in [-0.3, -0.25) is 18.7 Å². The summed E-state index contributed by atoms with van der Waals surface area (Å²) in [7, 11) is 0. The number of rotatable bonds is 1. The highest BCUT2D eigenvalue weighted by atomic mass is 16.1.